The number of benzene rings is 1. The maximum atomic E-state index is 12.5. The zero-order valence-electron chi connectivity index (χ0n) is 13.0. The highest BCUT2D eigenvalue weighted by atomic mass is 32.2. The Morgan fingerprint density at radius 1 is 1.10 bits per heavy atom. The van der Waals surface area contributed by atoms with E-state index in [-0.39, 0.29) is 12.1 Å². The van der Waals surface area contributed by atoms with Crippen LogP contribution in [0.25, 0.3) is 0 Å². The zero-order chi connectivity index (χ0) is 15.6. The Hall–Kier alpha value is -1.11. The second-order valence-corrected chi connectivity index (χ2v) is 8.00. The smallest absolute Gasteiger partial charge is 0.244 e. The molecule has 1 aliphatic rings. The van der Waals surface area contributed by atoms with Gasteiger partial charge in [0.05, 0.1) is 5.69 Å². The molecule has 1 saturated carbocycles. The first-order valence-electron chi connectivity index (χ1n) is 7.35. The molecule has 2 unspecified atom stereocenters. The fraction of sp³-hybridized carbons (Fsp3) is 0.600. The van der Waals surface area contributed by atoms with Crippen molar-refractivity contribution < 1.29 is 8.42 Å². The summed E-state index contributed by atoms with van der Waals surface area (Å²) in [5.74, 6) is 0. The highest BCUT2D eigenvalue weighted by Crippen LogP contribution is 2.31. The van der Waals surface area contributed by atoms with Crippen molar-refractivity contribution in [2.45, 2.75) is 42.7 Å². The summed E-state index contributed by atoms with van der Waals surface area (Å²) in [4.78, 5) is 2.38. The summed E-state index contributed by atoms with van der Waals surface area (Å²) >= 11 is 0. The van der Waals surface area contributed by atoms with E-state index in [2.05, 4.69) is 0 Å². The number of para-hydroxylation sites is 1. The van der Waals surface area contributed by atoms with Crippen molar-refractivity contribution in [1.82, 2.24) is 4.31 Å². The summed E-state index contributed by atoms with van der Waals surface area (Å²) < 4.78 is 26.2. The molecule has 1 aromatic carbocycles. The summed E-state index contributed by atoms with van der Waals surface area (Å²) in [6.07, 6.45) is 4.31. The molecule has 6 heteroatoms. The molecule has 5 nitrogen and oxygen atoms in total. The molecule has 0 amide bonds. The molecular weight excluding hydrogens is 286 g/mol. The first-order valence-corrected chi connectivity index (χ1v) is 8.79. The Bertz CT molecular complexity index is 586. The number of anilines is 1. The van der Waals surface area contributed by atoms with Crippen molar-refractivity contribution in [2.75, 3.05) is 26.0 Å². The van der Waals surface area contributed by atoms with Crippen LogP contribution in [0.3, 0.4) is 0 Å². The van der Waals surface area contributed by atoms with Gasteiger partial charge in [-0.25, -0.2) is 12.7 Å². The lowest BCUT2D eigenvalue weighted by atomic mass is 9.90. The van der Waals surface area contributed by atoms with E-state index >= 15 is 0 Å². The van der Waals surface area contributed by atoms with E-state index in [1.807, 2.05) is 24.1 Å². The minimum absolute atomic E-state index is 0.0962. The van der Waals surface area contributed by atoms with Crippen LogP contribution in [0.2, 0.25) is 0 Å². The molecule has 1 aromatic rings. The van der Waals surface area contributed by atoms with Gasteiger partial charge in [0.2, 0.25) is 10.0 Å². The van der Waals surface area contributed by atoms with Gasteiger partial charge in [-0.1, -0.05) is 25.0 Å². The van der Waals surface area contributed by atoms with E-state index in [1.165, 1.54) is 4.31 Å². The number of hydrogen-bond donors (Lipinski definition) is 1. The van der Waals surface area contributed by atoms with Crippen LogP contribution in [0.1, 0.15) is 25.7 Å². The summed E-state index contributed by atoms with van der Waals surface area (Å²) in [7, 11) is 1.59. The van der Waals surface area contributed by atoms with E-state index in [4.69, 9.17) is 5.73 Å². The van der Waals surface area contributed by atoms with Crippen molar-refractivity contribution in [1.29, 1.82) is 0 Å². The number of hydrogen-bond acceptors (Lipinski definition) is 4. The van der Waals surface area contributed by atoms with Crippen LogP contribution in [-0.2, 0) is 10.0 Å². The second kappa shape index (κ2) is 6.34. The second-order valence-electron chi connectivity index (χ2n) is 5.88. The van der Waals surface area contributed by atoms with E-state index in [0.29, 0.717) is 4.90 Å². The lowest BCUT2D eigenvalue weighted by Crippen LogP contribution is -2.48. The quantitative estimate of drug-likeness (QED) is 0.918. The third-order valence-electron chi connectivity index (χ3n) is 4.28. The minimum atomic E-state index is -3.46. The third kappa shape index (κ3) is 3.22. The van der Waals surface area contributed by atoms with Crippen LogP contribution < -0.4 is 10.6 Å². The van der Waals surface area contributed by atoms with E-state index < -0.39 is 10.0 Å². The maximum absolute atomic E-state index is 12.5. The molecule has 0 bridgehead atoms. The Morgan fingerprint density at radius 2 is 1.71 bits per heavy atom. The third-order valence-corrected chi connectivity index (χ3v) is 6.15. The largest absolute Gasteiger partial charge is 0.369 e. The van der Waals surface area contributed by atoms with Crippen LogP contribution in [-0.4, -0.2) is 45.9 Å². The molecule has 2 rings (SSSR count). The Labute approximate surface area is 127 Å². The van der Waals surface area contributed by atoms with Gasteiger partial charge in [-0.3, -0.25) is 0 Å². The number of nitrogens with two attached hydrogens (primary N) is 1. The molecule has 0 aromatic heterocycles. The van der Waals surface area contributed by atoms with Gasteiger partial charge in [-0.05, 0) is 25.0 Å². The molecule has 21 heavy (non-hydrogen) atoms. The molecule has 118 valence electrons. The maximum Gasteiger partial charge on any atom is 0.244 e. The van der Waals surface area contributed by atoms with Gasteiger partial charge < -0.3 is 10.6 Å². The topological polar surface area (TPSA) is 66.6 Å². The van der Waals surface area contributed by atoms with Crippen LogP contribution in [0.5, 0.6) is 0 Å². The van der Waals surface area contributed by atoms with Crippen molar-refractivity contribution in [3.63, 3.8) is 0 Å². The average Bonchev–Trinajstić information content (AvgIpc) is 2.47. The summed E-state index contributed by atoms with van der Waals surface area (Å²) in [5, 5.41) is 0. The molecule has 0 radical (unpaired) electrons. The van der Waals surface area contributed by atoms with Gasteiger partial charge >= 0.3 is 0 Å². The van der Waals surface area contributed by atoms with Crippen molar-refractivity contribution in [2.24, 2.45) is 5.73 Å². The van der Waals surface area contributed by atoms with Gasteiger partial charge in [0.15, 0.2) is 0 Å². The number of rotatable bonds is 4. The number of nitrogens with zero attached hydrogens (tertiary/aromatic N) is 2. The lowest BCUT2D eigenvalue weighted by Gasteiger charge is -2.38. The van der Waals surface area contributed by atoms with Crippen molar-refractivity contribution in [3.8, 4) is 0 Å². The molecule has 1 aliphatic carbocycles. The van der Waals surface area contributed by atoms with Crippen molar-refractivity contribution >= 4 is 15.7 Å². The van der Waals surface area contributed by atoms with Crippen LogP contribution in [0.15, 0.2) is 29.2 Å². The monoisotopic (exact) mass is 311 g/mol. The SMILES string of the molecule is CN(c1ccccc1S(=O)(=O)N(C)C)C1CCCCC1N. The Kier molecular flexibility index (Phi) is 4.91. The molecule has 1 fully saturated rings. The van der Waals surface area contributed by atoms with E-state index in [9.17, 15) is 8.42 Å². The highest BCUT2D eigenvalue weighted by Gasteiger charge is 2.29. The molecule has 0 aliphatic heterocycles. The van der Waals surface area contributed by atoms with Crippen LogP contribution >= 0.6 is 0 Å². The van der Waals surface area contributed by atoms with Gasteiger partial charge in [0.25, 0.3) is 0 Å². The summed E-state index contributed by atoms with van der Waals surface area (Å²) in [5.41, 5.74) is 6.96. The summed E-state index contributed by atoms with van der Waals surface area (Å²) in [6.45, 7) is 0. The first-order chi connectivity index (χ1) is 9.85. The fourth-order valence-corrected chi connectivity index (χ4v) is 4.08. The normalized spacial score (nSPS) is 23.3. The molecule has 0 heterocycles. The van der Waals surface area contributed by atoms with Crippen LogP contribution in [0, 0.1) is 0 Å². The van der Waals surface area contributed by atoms with Gasteiger partial charge in [-0.15, -0.1) is 0 Å². The van der Waals surface area contributed by atoms with Crippen LogP contribution in [0.4, 0.5) is 5.69 Å². The number of likely N-dealkylation sites (N-methyl/N-ethyl adjacent to an activating group) is 1. The lowest BCUT2D eigenvalue weighted by molar-refractivity contribution is 0.372. The van der Waals surface area contributed by atoms with E-state index in [0.717, 1.165) is 31.4 Å². The van der Waals surface area contributed by atoms with Gasteiger partial charge in [0.1, 0.15) is 4.90 Å². The standard InChI is InChI=1S/C15H25N3O2S/c1-17(2)21(19,20)15-11-7-6-10-14(15)18(3)13-9-5-4-8-12(13)16/h6-7,10-13H,4-5,8-9,16H2,1-3H3. The van der Waals surface area contributed by atoms with Crippen molar-refractivity contribution in [3.05, 3.63) is 24.3 Å². The first kappa shape index (κ1) is 16.3. The Morgan fingerprint density at radius 3 is 2.33 bits per heavy atom. The molecular formula is C15H25N3O2S. The average molecular weight is 311 g/mol. The van der Waals surface area contributed by atoms with Gasteiger partial charge in [-0.2, -0.15) is 0 Å². The zero-order valence-corrected chi connectivity index (χ0v) is 13.8. The minimum Gasteiger partial charge on any atom is -0.369 e. The molecule has 0 saturated heterocycles. The predicted octanol–water partition coefficient (Wildman–Crippen LogP) is 1.64. The molecule has 2 atom stereocenters. The summed E-state index contributed by atoms with van der Waals surface area (Å²) in [6, 6.07) is 7.44. The predicted molar refractivity (Wildman–Crippen MR) is 85.9 cm³/mol. The van der Waals surface area contributed by atoms with Gasteiger partial charge in [0, 0.05) is 33.2 Å². The molecule has 2 N–H and O–H groups in total. The molecule has 0 spiro atoms. The van der Waals surface area contributed by atoms with E-state index in [1.54, 1.807) is 26.2 Å². The highest BCUT2D eigenvalue weighted by molar-refractivity contribution is 7.89. The fourth-order valence-electron chi connectivity index (χ4n) is 2.96. The number of sulfonamides is 1. The Balaban J connectivity index is 2.40.